The quantitative estimate of drug-likeness (QED) is 0.194. The molecule has 0 aliphatic heterocycles. The van der Waals surface area contributed by atoms with Crippen LogP contribution in [0.5, 0.6) is 0 Å². The molecule has 0 aliphatic carbocycles. The zero-order valence-electron chi connectivity index (χ0n) is 21.0. The van der Waals surface area contributed by atoms with Gasteiger partial charge in [-0.3, -0.25) is 9.59 Å². The normalized spacial score (nSPS) is 11.9. The monoisotopic (exact) mass is 443 g/mol. The second-order valence-electron chi connectivity index (χ2n) is 9.33. The molecular weight excluding hydrogens is 394 g/mol. The standard InChI is InChI=1S/C29H49NO2/c1-3-5-7-9-11-13-15-20-24-27(31)29(26-22-18-17-19-23-26)30-28(32)25-21-16-14-12-10-8-6-4-2/h17-19,22-23,29H,3-16,20-21,24-25H2,1-2H3,(H,30,32)/t29-/m0/s1. The molecule has 1 amide bonds. The molecule has 0 fully saturated rings. The lowest BCUT2D eigenvalue weighted by molar-refractivity contribution is -0.128. The van der Waals surface area contributed by atoms with Crippen molar-refractivity contribution >= 4 is 11.7 Å². The van der Waals surface area contributed by atoms with Gasteiger partial charge in [0.25, 0.3) is 0 Å². The third-order valence-electron chi connectivity index (χ3n) is 6.29. The van der Waals surface area contributed by atoms with Gasteiger partial charge in [-0.25, -0.2) is 0 Å². The molecule has 0 spiro atoms. The largest absolute Gasteiger partial charge is 0.342 e. The molecule has 0 radical (unpaired) electrons. The van der Waals surface area contributed by atoms with Crippen molar-refractivity contribution in [3.05, 3.63) is 35.9 Å². The van der Waals surface area contributed by atoms with Gasteiger partial charge in [0.1, 0.15) is 6.04 Å². The number of hydrogen-bond acceptors (Lipinski definition) is 2. The highest BCUT2D eigenvalue weighted by Gasteiger charge is 2.21. The Labute approximate surface area is 198 Å². The zero-order valence-corrected chi connectivity index (χ0v) is 21.0. The Kier molecular flexibility index (Phi) is 17.7. The number of rotatable bonds is 21. The number of nitrogens with one attached hydrogen (secondary N) is 1. The summed E-state index contributed by atoms with van der Waals surface area (Å²) in [7, 11) is 0. The molecule has 1 aromatic rings. The van der Waals surface area contributed by atoms with E-state index in [-0.39, 0.29) is 11.7 Å². The second kappa shape index (κ2) is 20.0. The Morgan fingerprint density at radius 2 is 1.06 bits per heavy atom. The zero-order chi connectivity index (χ0) is 23.3. The van der Waals surface area contributed by atoms with E-state index in [1.54, 1.807) is 0 Å². The van der Waals surface area contributed by atoms with Crippen LogP contribution in [0.15, 0.2) is 30.3 Å². The van der Waals surface area contributed by atoms with Crippen molar-refractivity contribution in [1.82, 2.24) is 5.32 Å². The van der Waals surface area contributed by atoms with Crippen LogP contribution in [0.1, 0.15) is 141 Å². The molecule has 0 aromatic heterocycles. The van der Waals surface area contributed by atoms with Crippen molar-refractivity contribution in [3.8, 4) is 0 Å². The molecule has 1 rings (SSSR count). The van der Waals surface area contributed by atoms with E-state index in [2.05, 4.69) is 19.2 Å². The van der Waals surface area contributed by atoms with Gasteiger partial charge in [-0.15, -0.1) is 0 Å². The smallest absolute Gasteiger partial charge is 0.220 e. The van der Waals surface area contributed by atoms with Crippen LogP contribution in [-0.4, -0.2) is 11.7 Å². The molecule has 3 nitrogen and oxygen atoms in total. The average Bonchev–Trinajstić information content (AvgIpc) is 2.81. The molecule has 0 saturated carbocycles. The summed E-state index contributed by atoms with van der Waals surface area (Å²) >= 11 is 0. The third kappa shape index (κ3) is 14.4. The summed E-state index contributed by atoms with van der Waals surface area (Å²) in [6, 6.07) is 9.24. The molecule has 32 heavy (non-hydrogen) atoms. The Morgan fingerprint density at radius 1 is 0.625 bits per heavy atom. The van der Waals surface area contributed by atoms with Crippen LogP contribution >= 0.6 is 0 Å². The molecule has 1 atom stereocenters. The van der Waals surface area contributed by atoms with Gasteiger partial charge >= 0.3 is 0 Å². The van der Waals surface area contributed by atoms with Crippen LogP contribution in [-0.2, 0) is 9.59 Å². The van der Waals surface area contributed by atoms with Crippen molar-refractivity contribution in [2.45, 2.75) is 135 Å². The lowest BCUT2D eigenvalue weighted by atomic mass is 9.97. The molecule has 182 valence electrons. The van der Waals surface area contributed by atoms with E-state index in [1.807, 2.05) is 30.3 Å². The van der Waals surface area contributed by atoms with Crippen molar-refractivity contribution in [2.24, 2.45) is 0 Å². The van der Waals surface area contributed by atoms with Gasteiger partial charge in [-0.2, -0.15) is 0 Å². The predicted octanol–water partition coefficient (Wildman–Crippen LogP) is 8.47. The SMILES string of the molecule is CCCCCCCCCCC(=O)N[C@H](C(=O)CCCCCCCCCC)c1ccccc1. The van der Waals surface area contributed by atoms with Crippen LogP contribution in [0.4, 0.5) is 0 Å². The number of benzene rings is 1. The maximum Gasteiger partial charge on any atom is 0.220 e. The average molecular weight is 444 g/mol. The van der Waals surface area contributed by atoms with Gasteiger partial charge in [0.15, 0.2) is 5.78 Å². The fraction of sp³-hybridized carbons (Fsp3) is 0.724. The Hall–Kier alpha value is -1.64. The first-order chi connectivity index (χ1) is 15.7. The van der Waals surface area contributed by atoms with Crippen molar-refractivity contribution in [2.75, 3.05) is 0 Å². The van der Waals surface area contributed by atoms with Crippen molar-refractivity contribution in [3.63, 3.8) is 0 Å². The van der Waals surface area contributed by atoms with E-state index in [0.717, 1.165) is 31.2 Å². The van der Waals surface area contributed by atoms with E-state index in [0.29, 0.717) is 12.8 Å². The second-order valence-corrected chi connectivity index (χ2v) is 9.33. The van der Waals surface area contributed by atoms with Gasteiger partial charge in [-0.1, -0.05) is 134 Å². The predicted molar refractivity (Wildman–Crippen MR) is 137 cm³/mol. The molecule has 1 N–H and O–H groups in total. The summed E-state index contributed by atoms with van der Waals surface area (Å²) in [5, 5.41) is 3.04. The molecule has 0 aliphatic rings. The number of carbonyl (C=O) groups is 2. The molecule has 1 aromatic carbocycles. The fourth-order valence-corrected chi connectivity index (χ4v) is 4.23. The summed E-state index contributed by atoms with van der Waals surface area (Å²) in [5.74, 6) is 0.153. The van der Waals surface area contributed by atoms with E-state index in [1.165, 1.54) is 77.0 Å². The first-order valence-electron chi connectivity index (χ1n) is 13.6. The summed E-state index contributed by atoms with van der Waals surface area (Å²) in [4.78, 5) is 25.5. The molecule has 0 unspecified atom stereocenters. The first-order valence-corrected chi connectivity index (χ1v) is 13.6. The molecule has 0 heterocycles. The molecule has 3 heteroatoms. The lowest BCUT2D eigenvalue weighted by Gasteiger charge is -2.18. The van der Waals surface area contributed by atoms with Gasteiger partial charge in [-0.05, 0) is 18.4 Å². The lowest BCUT2D eigenvalue weighted by Crippen LogP contribution is -2.33. The number of ketones is 1. The van der Waals surface area contributed by atoms with Crippen molar-refractivity contribution in [1.29, 1.82) is 0 Å². The minimum atomic E-state index is -0.498. The summed E-state index contributed by atoms with van der Waals surface area (Å²) < 4.78 is 0. The van der Waals surface area contributed by atoms with Crippen LogP contribution < -0.4 is 5.32 Å². The minimum absolute atomic E-state index is 0.00844. The van der Waals surface area contributed by atoms with Crippen LogP contribution in [0.2, 0.25) is 0 Å². The van der Waals surface area contributed by atoms with E-state index in [4.69, 9.17) is 0 Å². The molecular formula is C29H49NO2. The summed E-state index contributed by atoms with van der Waals surface area (Å²) in [6.07, 6.45) is 20.5. The highest BCUT2D eigenvalue weighted by Crippen LogP contribution is 2.19. The van der Waals surface area contributed by atoms with Gasteiger partial charge in [0.2, 0.25) is 5.91 Å². The topological polar surface area (TPSA) is 46.2 Å². The number of Topliss-reactive ketones (excluding diaryl/α,β-unsaturated/α-hetero) is 1. The summed E-state index contributed by atoms with van der Waals surface area (Å²) in [5.41, 5.74) is 0.904. The first kappa shape index (κ1) is 28.4. The number of unbranched alkanes of at least 4 members (excludes halogenated alkanes) is 14. The van der Waals surface area contributed by atoms with Gasteiger partial charge < -0.3 is 5.32 Å². The van der Waals surface area contributed by atoms with Crippen molar-refractivity contribution < 1.29 is 9.59 Å². The number of amides is 1. The fourth-order valence-electron chi connectivity index (χ4n) is 4.23. The Balaban J connectivity index is 2.34. The van der Waals surface area contributed by atoms with Gasteiger partial charge in [0.05, 0.1) is 0 Å². The number of carbonyl (C=O) groups excluding carboxylic acids is 2. The Morgan fingerprint density at radius 3 is 1.56 bits per heavy atom. The van der Waals surface area contributed by atoms with Gasteiger partial charge in [0, 0.05) is 12.8 Å². The summed E-state index contributed by atoms with van der Waals surface area (Å²) in [6.45, 7) is 4.48. The minimum Gasteiger partial charge on any atom is -0.342 e. The Bertz CT molecular complexity index is 584. The van der Waals surface area contributed by atoms with E-state index < -0.39 is 6.04 Å². The van der Waals surface area contributed by atoms with E-state index >= 15 is 0 Å². The van der Waals surface area contributed by atoms with Crippen LogP contribution in [0.3, 0.4) is 0 Å². The maximum atomic E-state index is 12.9. The molecule has 0 bridgehead atoms. The number of hydrogen-bond donors (Lipinski definition) is 1. The maximum absolute atomic E-state index is 12.9. The highest BCUT2D eigenvalue weighted by atomic mass is 16.2. The van der Waals surface area contributed by atoms with Crippen LogP contribution in [0.25, 0.3) is 0 Å². The third-order valence-corrected chi connectivity index (χ3v) is 6.29. The van der Waals surface area contributed by atoms with E-state index in [9.17, 15) is 9.59 Å². The van der Waals surface area contributed by atoms with Crippen LogP contribution in [0, 0.1) is 0 Å². The molecule has 0 saturated heterocycles. The highest BCUT2D eigenvalue weighted by molar-refractivity contribution is 5.90.